The predicted octanol–water partition coefficient (Wildman–Crippen LogP) is 1.70. The van der Waals surface area contributed by atoms with Crippen LogP contribution in [0.25, 0.3) is 0 Å². The number of rotatable bonds is 2. The lowest BCUT2D eigenvalue weighted by Crippen LogP contribution is -2.02. The Morgan fingerprint density at radius 1 is 1.36 bits per heavy atom. The third-order valence-electron chi connectivity index (χ3n) is 1.90. The minimum atomic E-state index is -0.779. The average molecular weight is 196 g/mol. The van der Waals surface area contributed by atoms with Crippen molar-refractivity contribution in [1.29, 1.82) is 0 Å². The highest BCUT2D eigenvalue weighted by molar-refractivity contribution is 5.20. The molecule has 1 N–H and O–H groups in total. The molecule has 0 saturated carbocycles. The van der Waals surface area contributed by atoms with Crippen molar-refractivity contribution in [3.8, 4) is 0 Å². The van der Waals surface area contributed by atoms with E-state index < -0.39 is 6.29 Å². The molecule has 0 fully saturated rings. The minimum Gasteiger partial charge on any atom is -0.455 e. The van der Waals surface area contributed by atoms with Crippen molar-refractivity contribution in [3.05, 3.63) is 47.7 Å². The normalized spacial score (nSPS) is 19.9. The van der Waals surface area contributed by atoms with Gasteiger partial charge in [0.1, 0.15) is 18.7 Å². The van der Waals surface area contributed by atoms with Crippen molar-refractivity contribution in [3.63, 3.8) is 0 Å². The molecule has 1 aliphatic rings. The van der Waals surface area contributed by atoms with E-state index in [4.69, 9.17) is 14.6 Å². The van der Waals surface area contributed by atoms with Crippen LogP contribution in [0, 0.1) is 5.82 Å². The van der Waals surface area contributed by atoms with Crippen LogP contribution in [0.2, 0.25) is 0 Å². The van der Waals surface area contributed by atoms with Crippen LogP contribution in [0.5, 0.6) is 0 Å². The Kier molecular flexibility index (Phi) is 2.37. The third kappa shape index (κ3) is 1.56. The summed E-state index contributed by atoms with van der Waals surface area (Å²) < 4.78 is 23.4. The second-order valence-electron chi connectivity index (χ2n) is 2.85. The molecule has 1 aromatic rings. The highest BCUT2D eigenvalue weighted by Gasteiger charge is 2.23. The summed E-state index contributed by atoms with van der Waals surface area (Å²) in [5.74, 6) is -0.0802. The number of hydrogen-bond donors (Lipinski definition) is 1. The van der Waals surface area contributed by atoms with E-state index in [0.29, 0.717) is 11.3 Å². The summed E-state index contributed by atoms with van der Waals surface area (Å²) in [5.41, 5.74) is 0.326. The Morgan fingerprint density at radius 3 is 2.79 bits per heavy atom. The maximum Gasteiger partial charge on any atom is 0.269 e. The van der Waals surface area contributed by atoms with Crippen LogP contribution in [0.4, 0.5) is 4.39 Å². The van der Waals surface area contributed by atoms with Gasteiger partial charge >= 0.3 is 0 Å². The summed E-state index contributed by atoms with van der Waals surface area (Å²) in [6.07, 6.45) is 0.509. The molecule has 1 heterocycles. The highest BCUT2D eigenvalue weighted by atomic mass is 19.1. The van der Waals surface area contributed by atoms with E-state index in [1.165, 1.54) is 12.3 Å². The van der Waals surface area contributed by atoms with Crippen LogP contribution in [-0.2, 0) is 9.47 Å². The molecule has 0 spiro atoms. The number of aliphatic hydroxyl groups is 1. The summed E-state index contributed by atoms with van der Waals surface area (Å²) in [7, 11) is 0. The summed E-state index contributed by atoms with van der Waals surface area (Å²) in [5, 5.41) is 8.73. The lowest BCUT2D eigenvalue weighted by Gasteiger charge is -2.11. The van der Waals surface area contributed by atoms with E-state index in [2.05, 4.69) is 0 Å². The average Bonchev–Trinajstić information content (AvgIpc) is 2.67. The van der Waals surface area contributed by atoms with Gasteiger partial charge in [0.15, 0.2) is 5.76 Å². The number of halogens is 1. The van der Waals surface area contributed by atoms with Crippen molar-refractivity contribution >= 4 is 0 Å². The number of benzene rings is 1. The molecular formula is C10H9FO3. The molecule has 0 radical (unpaired) electrons. The molecule has 0 saturated heterocycles. The minimum absolute atomic E-state index is 0.245. The van der Waals surface area contributed by atoms with Crippen molar-refractivity contribution < 1.29 is 19.0 Å². The second kappa shape index (κ2) is 3.67. The molecule has 0 aromatic heterocycles. The Hall–Kier alpha value is -1.55. The van der Waals surface area contributed by atoms with E-state index in [9.17, 15) is 4.39 Å². The van der Waals surface area contributed by atoms with E-state index >= 15 is 0 Å². The lowest BCUT2D eigenvalue weighted by molar-refractivity contribution is -0.0416. The smallest absolute Gasteiger partial charge is 0.269 e. The lowest BCUT2D eigenvalue weighted by atomic mass is 10.2. The van der Waals surface area contributed by atoms with Crippen LogP contribution < -0.4 is 0 Å². The van der Waals surface area contributed by atoms with Crippen LogP contribution in [0.15, 0.2) is 36.3 Å². The topological polar surface area (TPSA) is 38.7 Å². The van der Waals surface area contributed by atoms with Gasteiger partial charge in [0.25, 0.3) is 6.29 Å². The zero-order valence-corrected chi connectivity index (χ0v) is 7.31. The Morgan fingerprint density at radius 2 is 2.14 bits per heavy atom. The van der Waals surface area contributed by atoms with Gasteiger partial charge in [0.2, 0.25) is 0 Å². The van der Waals surface area contributed by atoms with Crippen molar-refractivity contribution in [2.75, 3.05) is 6.61 Å². The molecular weight excluding hydrogens is 187 g/mol. The maximum atomic E-state index is 13.2. The van der Waals surface area contributed by atoms with Gasteiger partial charge in [-0.25, -0.2) is 4.39 Å². The SMILES string of the molecule is OCC1=COC(c2ccccc2F)O1. The Bertz CT molecular complexity index is 362. The number of aliphatic hydroxyl groups excluding tert-OH is 1. The standard InChI is InChI=1S/C10H9FO3/c11-9-4-2-1-3-8(9)10-13-6-7(5-12)14-10/h1-4,6,10,12H,5H2. The van der Waals surface area contributed by atoms with E-state index in [1.807, 2.05) is 0 Å². The van der Waals surface area contributed by atoms with E-state index in [1.54, 1.807) is 18.2 Å². The van der Waals surface area contributed by atoms with Gasteiger partial charge in [-0.1, -0.05) is 12.1 Å². The van der Waals surface area contributed by atoms with Gasteiger partial charge in [-0.05, 0) is 12.1 Å². The zero-order chi connectivity index (χ0) is 9.97. The number of hydrogen-bond acceptors (Lipinski definition) is 3. The first-order valence-electron chi connectivity index (χ1n) is 4.17. The highest BCUT2D eigenvalue weighted by Crippen LogP contribution is 2.29. The van der Waals surface area contributed by atoms with Crippen LogP contribution in [-0.4, -0.2) is 11.7 Å². The van der Waals surface area contributed by atoms with Gasteiger partial charge in [-0.15, -0.1) is 0 Å². The van der Waals surface area contributed by atoms with Crippen LogP contribution >= 0.6 is 0 Å². The monoisotopic (exact) mass is 196 g/mol. The summed E-state index contributed by atoms with van der Waals surface area (Å²) in [4.78, 5) is 0. The fraction of sp³-hybridized carbons (Fsp3) is 0.200. The predicted molar refractivity (Wildman–Crippen MR) is 46.5 cm³/mol. The largest absolute Gasteiger partial charge is 0.455 e. The van der Waals surface area contributed by atoms with Crippen LogP contribution in [0.3, 0.4) is 0 Å². The number of ether oxygens (including phenoxy) is 2. The molecule has 0 aliphatic carbocycles. The molecule has 1 unspecified atom stereocenters. The van der Waals surface area contributed by atoms with Gasteiger partial charge < -0.3 is 14.6 Å². The molecule has 1 aliphatic heterocycles. The first-order chi connectivity index (χ1) is 6.81. The van der Waals surface area contributed by atoms with Crippen LogP contribution in [0.1, 0.15) is 11.9 Å². The Labute approximate surface area is 80.4 Å². The summed E-state index contributed by atoms with van der Waals surface area (Å²) >= 11 is 0. The molecule has 2 rings (SSSR count). The molecule has 1 atom stereocenters. The molecule has 4 heteroatoms. The molecule has 1 aromatic carbocycles. The fourth-order valence-corrected chi connectivity index (χ4v) is 1.21. The first kappa shape index (κ1) is 9.02. The van der Waals surface area contributed by atoms with E-state index in [-0.39, 0.29) is 12.4 Å². The Balaban J connectivity index is 2.16. The van der Waals surface area contributed by atoms with Gasteiger partial charge in [-0.2, -0.15) is 0 Å². The maximum absolute atomic E-state index is 13.2. The fourth-order valence-electron chi connectivity index (χ4n) is 1.21. The molecule has 0 amide bonds. The third-order valence-corrected chi connectivity index (χ3v) is 1.90. The van der Waals surface area contributed by atoms with Crippen molar-refractivity contribution in [2.24, 2.45) is 0 Å². The second-order valence-corrected chi connectivity index (χ2v) is 2.85. The van der Waals surface area contributed by atoms with Crippen molar-refractivity contribution in [1.82, 2.24) is 0 Å². The summed E-state index contributed by atoms with van der Waals surface area (Å²) in [6, 6.07) is 6.20. The van der Waals surface area contributed by atoms with Gasteiger partial charge in [-0.3, -0.25) is 0 Å². The van der Waals surface area contributed by atoms with Gasteiger partial charge in [0, 0.05) is 0 Å². The first-order valence-corrected chi connectivity index (χ1v) is 4.17. The van der Waals surface area contributed by atoms with Gasteiger partial charge in [0.05, 0.1) is 5.56 Å². The van der Waals surface area contributed by atoms with Crippen molar-refractivity contribution in [2.45, 2.75) is 6.29 Å². The molecule has 3 nitrogen and oxygen atoms in total. The quantitative estimate of drug-likeness (QED) is 0.782. The zero-order valence-electron chi connectivity index (χ0n) is 7.31. The molecule has 0 bridgehead atoms. The molecule has 14 heavy (non-hydrogen) atoms. The molecule has 74 valence electrons. The summed E-state index contributed by atoms with van der Waals surface area (Å²) in [6.45, 7) is -0.245. The van der Waals surface area contributed by atoms with E-state index in [0.717, 1.165) is 0 Å².